The van der Waals surface area contributed by atoms with Crippen molar-refractivity contribution in [1.82, 2.24) is 20.2 Å². The Labute approximate surface area is 237 Å². The molecule has 0 spiro atoms. The SMILES string of the molecule is CSc1nc(-c2ccc(C#CCOCC(O)CN3CCOCC3)cc2)c2c(N)c(C(=O)NC(C)(C)C)sc2n1. The quantitative estimate of drug-likeness (QED) is 0.162. The van der Waals surface area contributed by atoms with Gasteiger partial charge in [-0.25, -0.2) is 9.97 Å². The number of carbonyl (C=O) groups excluding carboxylic acids is 1. The highest BCUT2D eigenvalue weighted by molar-refractivity contribution is 7.98. The third-order valence-corrected chi connectivity index (χ3v) is 7.54. The minimum Gasteiger partial charge on any atom is -0.397 e. The molecule has 1 atom stereocenters. The number of aliphatic hydroxyl groups excluding tert-OH is 1. The first-order chi connectivity index (χ1) is 18.6. The van der Waals surface area contributed by atoms with Crippen molar-refractivity contribution < 1.29 is 19.4 Å². The molecule has 3 aromatic rings. The van der Waals surface area contributed by atoms with E-state index in [1.54, 1.807) is 0 Å². The van der Waals surface area contributed by atoms with Crippen LogP contribution in [-0.2, 0) is 9.47 Å². The van der Waals surface area contributed by atoms with E-state index in [4.69, 9.17) is 20.2 Å². The molecule has 0 bridgehead atoms. The summed E-state index contributed by atoms with van der Waals surface area (Å²) in [5.74, 6) is 5.88. The zero-order valence-corrected chi connectivity index (χ0v) is 24.4. The van der Waals surface area contributed by atoms with E-state index >= 15 is 0 Å². The molecule has 3 heterocycles. The molecule has 4 N–H and O–H groups in total. The van der Waals surface area contributed by atoms with Gasteiger partial charge in [0, 0.05) is 36.3 Å². The summed E-state index contributed by atoms with van der Waals surface area (Å²) in [6.45, 7) is 9.90. The molecule has 1 amide bonds. The third kappa shape index (κ3) is 7.91. The number of carbonyl (C=O) groups is 1. The first-order valence-electron chi connectivity index (χ1n) is 12.8. The molecule has 1 aliphatic rings. The van der Waals surface area contributed by atoms with Crippen LogP contribution in [0.2, 0.25) is 0 Å². The van der Waals surface area contributed by atoms with Crippen LogP contribution in [0, 0.1) is 11.8 Å². The highest BCUT2D eigenvalue weighted by atomic mass is 32.2. The molecule has 1 unspecified atom stereocenters. The van der Waals surface area contributed by atoms with E-state index in [0.29, 0.717) is 51.4 Å². The Morgan fingerprint density at radius 1 is 1.28 bits per heavy atom. The van der Waals surface area contributed by atoms with Crippen LogP contribution in [0.3, 0.4) is 0 Å². The van der Waals surface area contributed by atoms with Gasteiger partial charge in [-0.3, -0.25) is 9.69 Å². The highest BCUT2D eigenvalue weighted by Crippen LogP contribution is 2.39. The van der Waals surface area contributed by atoms with E-state index in [9.17, 15) is 9.90 Å². The number of benzene rings is 1. The van der Waals surface area contributed by atoms with Crippen molar-refractivity contribution in [3.63, 3.8) is 0 Å². The van der Waals surface area contributed by atoms with Crippen LogP contribution >= 0.6 is 23.1 Å². The highest BCUT2D eigenvalue weighted by Gasteiger charge is 2.24. The summed E-state index contributed by atoms with van der Waals surface area (Å²) in [5, 5.41) is 14.4. The van der Waals surface area contributed by atoms with Crippen LogP contribution < -0.4 is 11.1 Å². The second kappa shape index (κ2) is 13.1. The summed E-state index contributed by atoms with van der Waals surface area (Å²) in [5.41, 5.74) is 8.86. The van der Waals surface area contributed by atoms with Gasteiger partial charge in [0.15, 0.2) is 5.16 Å². The van der Waals surface area contributed by atoms with E-state index in [1.165, 1.54) is 23.1 Å². The van der Waals surface area contributed by atoms with Crippen molar-refractivity contribution in [2.45, 2.75) is 37.6 Å². The molecule has 1 aromatic carbocycles. The number of nitrogens with zero attached hydrogens (tertiary/aromatic N) is 3. The number of aromatic nitrogens is 2. The summed E-state index contributed by atoms with van der Waals surface area (Å²) in [6, 6.07) is 7.71. The lowest BCUT2D eigenvalue weighted by Gasteiger charge is -2.28. The topological polar surface area (TPSA) is 123 Å². The summed E-state index contributed by atoms with van der Waals surface area (Å²) in [7, 11) is 0. The number of hydrogen-bond acceptors (Lipinski definition) is 10. The molecule has 1 aliphatic heterocycles. The average molecular weight is 570 g/mol. The summed E-state index contributed by atoms with van der Waals surface area (Å²) < 4.78 is 10.9. The van der Waals surface area contributed by atoms with Gasteiger partial charge in [0.2, 0.25) is 0 Å². The number of rotatable bonds is 8. The van der Waals surface area contributed by atoms with Crippen LogP contribution in [0.15, 0.2) is 29.4 Å². The number of fused-ring (bicyclic) bond motifs is 1. The molecule has 1 saturated heterocycles. The number of aliphatic hydroxyl groups is 1. The van der Waals surface area contributed by atoms with E-state index < -0.39 is 6.10 Å². The maximum atomic E-state index is 12.9. The first-order valence-corrected chi connectivity index (χ1v) is 14.8. The summed E-state index contributed by atoms with van der Waals surface area (Å²) >= 11 is 2.71. The normalized spacial score (nSPS) is 15.1. The van der Waals surface area contributed by atoms with Crippen LogP contribution in [-0.4, -0.2) is 89.8 Å². The lowest BCUT2D eigenvalue weighted by molar-refractivity contribution is -0.00917. The standard InChI is InChI=1S/C28H35N5O4S2/c1-28(2,3)32-25(35)24-22(29)21-23(30-27(38-4)31-26(21)39-24)19-9-7-18(8-10-19)6-5-13-37-17-20(34)16-33-11-14-36-15-12-33/h7-10,20,34H,11-17,29H2,1-4H3,(H,32,35). The second-order valence-corrected chi connectivity index (χ2v) is 12.0. The molecular weight excluding hydrogens is 534 g/mol. The Morgan fingerprint density at radius 3 is 2.67 bits per heavy atom. The predicted molar refractivity (Wildman–Crippen MR) is 157 cm³/mol. The van der Waals surface area contributed by atoms with Gasteiger partial charge in [0.05, 0.1) is 42.7 Å². The summed E-state index contributed by atoms with van der Waals surface area (Å²) in [6.07, 6.45) is 1.36. The third-order valence-electron chi connectivity index (χ3n) is 5.89. The molecule has 9 nitrogen and oxygen atoms in total. The van der Waals surface area contributed by atoms with Crippen molar-refractivity contribution in [1.29, 1.82) is 0 Å². The van der Waals surface area contributed by atoms with E-state index in [-0.39, 0.29) is 24.7 Å². The van der Waals surface area contributed by atoms with Crippen LogP contribution in [0.4, 0.5) is 5.69 Å². The number of β-amino-alcohol motifs (C(OH)–C–C–N with tert-alkyl or cyclic N) is 1. The van der Waals surface area contributed by atoms with E-state index in [1.807, 2.05) is 51.3 Å². The smallest absolute Gasteiger partial charge is 0.263 e. The molecule has 39 heavy (non-hydrogen) atoms. The largest absolute Gasteiger partial charge is 0.397 e. The minimum absolute atomic E-state index is 0.221. The molecule has 2 aromatic heterocycles. The zero-order valence-electron chi connectivity index (χ0n) is 22.7. The van der Waals surface area contributed by atoms with Crippen molar-refractivity contribution in [3.05, 3.63) is 34.7 Å². The van der Waals surface area contributed by atoms with Crippen LogP contribution in [0.25, 0.3) is 21.5 Å². The number of thioether (sulfide) groups is 1. The molecule has 1 fully saturated rings. The van der Waals surface area contributed by atoms with Gasteiger partial charge in [-0.15, -0.1) is 11.3 Å². The molecule has 4 rings (SSSR count). The monoisotopic (exact) mass is 569 g/mol. The van der Waals surface area contributed by atoms with Gasteiger partial charge in [-0.05, 0) is 39.2 Å². The molecule has 0 radical (unpaired) electrons. The number of morpholine rings is 1. The number of hydrogen-bond donors (Lipinski definition) is 3. The number of ether oxygens (including phenoxy) is 2. The van der Waals surface area contributed by atoms with Crippen molar-refractivity contribution in [2.75, 3.05) is 58.1 Å². The first kappa shape index (κ1) is 29.3. The Hall–Kier alpha value is -2.72. The Kier molecular flexibility index (Phi) is 9.82. The fourth-order valence-electron chi connectivity index (χ4n) is 4.10. The maximum absolute atomic E-state index is 12.9. The molecule has 0 saturated carbocycles. The lowest BCUT2D eigenvalue weighted by atomic mass is 10.1. The molecule has 11 heteroatoms. The zero-order chi connectivity index (χ0) is 28.0. The van der Waals surface area contributed by atoms with E-state index in [2.05, 4.69) is 27.0 Å². The van der Waals surface area contributed by atoms with Crippen molar-refractivity contribution >= 4 is 44.9 Å². The molecular formula is C28H35N5O4S2. The van der Waals surface area contributed by atoms with Crippen LogP contribution in [0.1, 0.15) is 36.0 Å². The Morgan fingerprint density at radius 2 is 2.00 bits per heavy atom. The van der Waals surface area contributed by atoms with E-state index in [0.717, 1.165) is 24.2 Å². The van der Waals surface area contributed by atoms with Crippen molar-refractivity contribution in [3.8, 4) is 23.1 Å². The van der Waals surface area contributed by atoms with Gasteiger partial charge in [0.25, 0.3) is 5.91 Å². The molecule has 208 valence electrons. The lowest BCUT2D eigenvalue weighted by Crippen LogP contribution is -2.42. The maximum Gasteiger partial charge on any atom is 0.263 e. The van der Waals surface area contributed by atoms with Gasteiger partial charge in [-0.1, -0.05) is 35.7 Å². The average Bonchev–Trinajstić information content (AvgIpc) is 3.24. The van der Waals surface area contributed by atoms with Crippen molar-refractivity contribution in [2.24, 2.45) is 0 Å². The number of amides is 1. The summed E-state index contributed by atoms with van der Waals surface area (Å²) in [4.78, 5) is 25.5. The number of anilines is 1. The number of thiophene rings is 1. The fraction of sp³-hybridized carbons (Fsp3) is 0.464. The predicted octanol–water partition coefficient (Wildman–Crippen LogP) is 3.25. The number of nitrogen functional groups attached to an aromatic ring is 1. The van der Waals surface area contributed by atoms with Gasteiger partial charge >= 0.3 is 0 Å². The second-order valence-electron chi connectivity index (χ2n) is 10.2. The Balaban J connectivity index is 1.44. The van der Waals surface area contributed by atoms with Gasteiger partial charge < -0.3 is 25.6 Å². The number of nitrogens with one attached hydrogen (secondary N) is 1. The Bertz CT molecular complexity index is 1350. The fourth-order valence-corrected chi connectivity index (χ4v) is 5.51. The van der Waals surface area contributed by atoms with Gasteiger partial charge in [-0.2, -0.15) is 0 Å². The molecule has 0 aliphatic carbocycles. The number of nitrogens with two attached hydrogens (primary N) is 1. The van der Waals surface area contributed by atoms with Crippen LogP contribution in [0.5, 0.6) is 0 Å². The minimum atomic E-state index is -0.551. The van der Waals surface area contributed by atoms with Gasteiger partial charge in [0.1, 0.15) is 16.3 Å².